The van der Waals surface area contributed by atoms with Crippen LogP contribution in [0.25, 0.3) is 10.4 Å². The normalized spacial score (nSPS) is 14.5. The van der Waals surface area contributed by atoms with E-state index in [9.17, 15) is 22.8 Å². The Morgan fingerprint density at radius 3 is 2.46 bits per heavy atom. The number of carboxylic acid groups (broad SMARTS) is 1. The molecule has 2 heterocycles. The molecule has 3 N–H and O–H groups in total. The van der Waals surface area contributed by atoms with Crippen LogP contribution in [0.15, 0.2) is 60.7 Å². The van der Waals surface area contributed by atoms with E-state index in [4.69, 9.17) is 9.84 Å². The molecule has 39 heavy (non-hydrogen) atoms. The molecular weight excluding hydrogens is 542 g/mol. The summed E-state index contributed by atoms with van der Waals surface area (Å²) in [5, 5.41) is 14.8. The molecule has 0 atom stereocenters. The molecule has 12 heteroatoms. The lowest BCUT2D eigenvalue weighted by molar-refractivity contribution is -0.140. The van der Waals surface area contributed by atoms with Crippen LogP contribution in [0.2, 0.25) is 0 Å². The number of anilines is 2. The van der Waals surface area contributed by atoms with E-state index in [0.29, 0.717) is 42.1 Å². The van der Waals surface area contributed by atoms with Crippen molar-refractivity contribution in [2.75, 3.05) is 30.3 Å². The van der Waals surface area contributed by atoms with Crippen molar-refractivity contribution in [3.05, 3.63) is 71.1 Å². The minimum atomic E-state index is -3.51. The van der Waals surface area contributed by atoms with Crippen molar-refractivity contribution in [1.82, 2.24) is 4.31 Å². The number of carbonyl (C=O) groups excluding carboxylic acids is 2. The molecule has 0 unspecified atom stereocenters. The van der Waals surface area contributed by atoms with Gasteiger partial charge in [0, 0.05) is 42.3 Å². The Balaban J connectivity index is 1.33. The van der Waals surface area contributed by atoms with Crippen molar-refractivity contribution in [1.29, 1.82) is 0 Å². The Kier molecular flexibility index (Phi) is 9.00. The van der Waals surface area contributed by atoms with Crippen LogP contribution in [0.4, 0.5) is 11.4 Å². The predicted molar refractivity (Wildman–Crippen MR) is 149 cm³/mol. The average Bonchev–Trinajstić information content (AvgIpc) is 3.38. The second kappa shape index (κ2) is 12.4. The first-order valence-corrected chi connectivity index (χ1v) is 14.7. The van der Waals surface area contributed by atoms with Gasteiger partial charge in [-0.1, -0.05) is 24.3 Å². The maximum Gasteiger partial charge on any atom is 0.348 e. The fourth-order valence-corrected chi connectivity index (χ4v) is 6.77. The van der Waals surface area contributed by atoms with Gasteiger partial charge in [-0.2, -0.15) is 0 Å². The number of amides is 1. The molecule has 0 saturated carbocycles. The van der Waals surface area contributed by atoms with E-state index in [1.165, 1.54) is 22.6 Å². The van der Waals surface area contributed by atoms with Gasteiger partial charge in [0.25, 0.3) is 0 Å². The monoisotopic (exact) mass is 571 g/mol. The minimum Gasteiger partial charge on any atom is -0.479 e. The van der Waals surface area contributed by atoms with Crippen molar-refractivity contribution in [3.8, 4) is 10.4 Å². The molecule has 4 rings (SSSR count). The summed E-state index contributed by atoms with van der Waals surface area (Å²) in [6.07, 6.45) is 1.29. The molecule has 1 saturated heterocycles. The Morgan fingerprint density at radius 1 is 1.03 bits per heavy atom. The van der Waals surface area contributed by atoms with Crippen LogP contribution in [0.1, 0.15) is 35.0 Å². The van der Waals surface area contributed by atoms with E-state index in [1.54, 1.807) is 36.4 Å². The summed E-state index contributed by atoms with van der Waals surface area (Å²) in [5.74, 6) is -2.23. The summed E-state index contributed by atoms with van der Waals surface area (Å²) >= 11 is 1.22. The number of ether oxygens (including phenoxy) is 1. The van der Waals surface area contributed by atoms with Crippen LogP contribution in [-0.4, -0.2) is 61.4 Å². The number of hydrogen-bond donors (Lipinski definition) is 3. The molecule has 3 aromatic rings. The second-order valence-electron chi connectivity index (χ2n) is 9.17. The summed E-state index contributed by atoms with van der Waals surface area (Å²) in [6, 6.07) is 18.1. The molecule has 10 nitrogen and oxygen atoms in total. The van der Waals surface area contributed by atoms with Gasteiger partial charge in [0.2, 0.25) is 15.9 Å². The van der Waals surface area contributed by atoms with E-state index >= 15 is 0 Å². The highest BCUT2D eigenvalue weighted by atomic mass is 32.2. The topological polar surface area (TPSA) is 142 Å². The van der Waals surface area contributed by atoms with Gasteiger partial charge < -0.3 is 20.5 Å². The summed E-state index contributed by atoms with van der Waals surface area (Å²) in [6.45, 7) is 1.52. The first-order chi connectivity index (χ1) is 18.6. The molecule has 0 spiro atoms. The molecular formula is C27H29N3O7S2. The molecule has 1 amide bonds. The largest absolute Gasteiger partial charge is 0.479 e. The fraction of sp³-hybridized carbons (Fsp3) is 0.296. The molecule has 0 bridgehead atoms. The maximum absolute atomic E-state index is 13.0. The number of carbonyl (C=O) groups is 3. The van der Waals surface area contributed by atoms with Gasteiger partial charge in [-0.25, -0.2) is 22.3 Å². The number of thiophene rings is 1. The van der Waals surface area contributed by atoms with Crippen LogP contribution in [0.5, 0.6) is 0 Å². The maximum atomic E-state index is 13.0. The van der Waals surface area contributed by atoms with Crippen LogP contribution < -0.4 is 10.6 Å². The SMILES string of the molecule is CC(=O)Nc1cccc(CS(=O)(=O)N2CCC(Nc3cccc(-c4ccc(C(=O)OCC(=O)O)s4)c3)CC2)c1. The molecule has 0 radical (unpaired) electrons. The zero-order valence-electron chi connectivity index (χ0n) is 21.3. The number of aliphatic carboxylic acids is 1. The van der Waals surface area contributed by atoms with E-state index in [-0.39, 0.29) is 17.7 Å². The number of nitrogens with zero attached hydrogens (tertiary/aromatic N) is 1. The highest BCUT2D eigenvalue weighted by Gasteiger charge is 2.28. The van der Waals surface area contributed by atoms with Gasteiger partial charge in [-0.05, 0) is 60.4 Å². The average molecular weight is 572 g/mol. The Morgan fingerprint density at radius 2 is 1.74 bits per heavy atom. The third-order valence-electron chi connectivity index (χ3n) is 6.10. The highest BCUT2D eigenvalue weighted by Crippen LogP contribution is 2.31. The van der Waals surface area contributed by atoms with E-state index < -0.39 is 28.6 Å². The number of rotatable bonds is 10. The summed E-state index contributed by atoms with van der Waals surface area (Å²) in [4.78, 5) is 35.1. The van der Waals surface area contributed by atoms with Crippen LogP contribution >= 0.6 is 11.3 Å². The van der Waals surface area contributed by atoms with Crippen LogP contribution in [-0.2, 0) is 30.1 Å². The number of sulfonamides is 1. The van der Waals surface area contributed by atoms with Crippen molar-refractivity contribution in [3.63, 3.8) is 0 Å². The number of benzene rings is 2. The Hall–Kier alpha value is -3.74. The summed E-state index contributed by atoms with van der Waals surface area (Å²) < 4.78 is 32.3. The Labute approximate surface area is 230 Å². The number of carboxylic acids is 1. The van der Waals surface area contributed by atoms with Crippen molar-refractivity contribution >= 4 is 50.6 Å². The molecule has 1 aliphatic rings. The highest BCUT2D eigenvalue weighted by molar-refractivity contribution is 7.88. The predicted octanol–water partition coefficient (Wildman–Crippen LogP) is 4.02. The first kappa shape index (κ1) is 28.3. The molecule has 206 valence electrons. The number of esters is 1. The van der Waals surface area contributed by atoms with E-state index in [1.807, 2.05) is 24.3 Å². The lowest BCUT2D eigenvalue weighted by Crippen LogP contribution is -2.42. The fourth-order valence-electron chi connectivity index (χ4n) is 4.32. The van der Waals surface area contributed by atoms with Crippen molar-refractivity contribution in [2.24, 2.45) is 0 Å². The lowest BCUT2D eigenvalue weighted by Gasteiger charge is -2.32. The van der Waals surface area contributed by atoms with Crippen LogP contribution in [0, 0.1) is 0 Å². The van der Waals surface area contributed by atoms with Crippen LogP contribution in [0.3, 0.4) is 0 Å². The first-order valence-electron chi connectivity index (χ1n) is 12.3. The third-order valence-corrected chi connectivity index (χ3v) is 9.06. The zero-order chi connectivity index (χ0) is 28.0. The van der Waals surface area contributed by atoms with Gasteiger partial charge in [-0.15, -0.1) is 11.3 Å². The van der Waals surface area contributed by atoms with Gasteiger partial charge in [0.15, 0.2) is 6.61 Å². The van der Waals surface area contributed by atoms with E-state index in [0.717, 1.165) is 16.1 Å². The second-order valence-corrected chi connectivity index (χ2v) is 12.2. The third kappa shape index (κ3) is 7.88. The van der Waals surface area contributed by atoms with Gasteiger partial charge in [-0.3, -0.25) is 4.79 Å². The van der Waals surface area contributed by atoms with E-state index in [2.05, 4.69) is 10.6 Å². The standard InChI is InChI=1S/C27H29N3O7S2/c1-18(31)28-22-6-2-4-19(14-22)17-39(35,36)30-12-10-21(11-13-30)29-23-7-3-5-20(15-23)24-8-9-25(38-24)27(34)37-16-26(32)33/h2-9,14-15,21,29H,10-13,16-17H2,1H3,(H,28,31)(H,32,33). The Bertz CT molecular complexity index is 1460. The zero-order valence-corrected chi connectivity index (χ0v) is 22.9. The minimum absolute atomic E-state index is 0.0969. The smallest absolute Gasteiger partial charge is 0.348 e. The summed E-state index contributed by atoms with van der Waals surface area (Å²) in [5.41, 5.74) is 2.96. The number of nitrogens with one attached hydrogen (secondary N) is 2. The van der Waals surface area contributed by atoms with Gasteiger partial charge >= 0.3 is 11.9 Å². The molecule has 1 aromatic heterocycles. The molecule has 1 fully saturated rings. The van der Waals surface area contributed by atoms with Crippen molar-refractivity contribution in [2.45, 2.75) is 31.6 Å². The summed E-state index contributed by atoms with van der Waals surface area (Å²) in [7, 11) is -3.51. The van der Waals surface area contributed by atoms with Gasteiger partial charge in [0.05, 0.1) is 5.75 Å². The molecule has 2 aromatic carbocycles. The lowest BCUT2D eigenvalue weighted by atomic mass is 10.1. The number of piperidine rings is 1. The quantitative estimate of drug-likeness (QED) is 0.310. The molecule has 1 aliphatic heterocycles. The number of hydrogen-bond acceptors (Lipinski definition) is 8. The van der Waals surface area contributed by atoms with Crippen molar-refractivity contribution < 1.29 is 32.6 Å². The van der Waals surface area contributed by atoms with Gasteiger partial charge in [0.1, 0.15) is 4.88 Å². The molecule has 0 aliphatic carbocycles.